The number of nitrogens with zero attached hydrogens (tertiary/aromatic N) is 2. The number of carbonyl (C=O) groups is 1. The van der Waals surface area contributed by atoms with E-state index in [1.807, 2.05) is 26.0 Å². The number of aryl methyl sites for hydroxylation is 1. The zero-order valence-corrected chi connectivity index (χ0v) is 26.3. The lowest BCUT2D eigenvalue weighted by Crippen LogP contribution is -2.32. The van der Waals surface area contributed by atoms with Crippen molar-refractivity contribution in [3.8, 4) is 17.1 Å². The maximum absolute atomic E-state index is 13.4. The first-order valence-corrected chi connectivity index (χ1v) is 16.0. The van der Waals surface area contributed by atoms with Crippen molar-refractivity contribution in [3.63, 3.8) is 0 Å². The van der Waals surface area contributed by atoms with E-state index in [0.29, 0.717) is 17.2 Å². The molecule has 2 heterocycles. The van der Waals surface area contributed by atoms with Crippen LogP contribution in [0.3, 0.4) is 0 Å². The number of carboxylic acids is 1. The van der Waals surface area contributed by atoms with Gasteiger partial charge in [0, 0.05) is 30.4 Å². The highest BCUT2D eigenvalue weighted by Gasteiger charge is 2.25. The molecule has 11 heteroatoms. The zero-order valence-electron chi connectivity index (χ0n) is 25.5. The number of anilines is 1. The maximum atomic E-state index is 13.4. The van der Waals surface area contributed by atoms with Gasteiger partial charge >= 0.3 is 5.97 Å². The van der Waals surface area contributed by atoms with Crippen LogP contribution in [0.1, 0.15) is 67.1 Å². The topological polar surface area (TPSA) is 154 Å². The van der Waals surface area contributed by atoms with Gasteiger partial charge in [-0.3, -0.25) is 0 Å². The van der Waals surface area contributed by atoms with Crippen molar-refractivity contribution in [1.82, 2.24) is 9.97 Å². The maximum Gasteiger partial charge on any atom is 0.335 e. The number of aromatic nitrogens is 2. The lowest BCUT2D eigenvalue weighted by Gasteiger charge is -2.25. The highest BCUT2D eigenvalue weighted by Crippen LogP contribution is 2.36. The van der Waals surface area contributed by atoms with Crippen LogP contribution in [0.15, 0.2) is 47.4 Å². The molecule has 1 aromatic heterocycles. The quantitative estimate of drug-likeness (QED) is 0.260. The highest BCUT2D eigenvalue weighted by molar-refractivity contribution is 7.92. The Kier molecular flexibility index (Phi) is 10.1. The van der Waals surface area contributed by atoms with Crippen molar-refractivity contribution in [2.24, 2.45) is 17.1 Å². The van der Waals surface area contributed by atoms with Crippen LogP contribution in [0, 0.1) is 25.2 Å². The first-order chi connectivity index (χ1) is 20.2. The third-order valence-corrected chi connectivity index (χ3v) is 8.80. The van der Waals surface area contributed by atoms with Crippen LogP contribution in [0.5, 0.6) is 5.88 Å². The van der Waals surface area contributed by atoms with Gasteiger partial charge in [0.15, 0.2) is 0 Å². The van der Waals surface area contributed by atoms with Gasteiger partial charge in [0.05, 0.1) is 16.2 Å². The minimum atomic E-state index is -4.23. The van der Waals surface area contributed by atoms with E-state index in [4.69, 9.17) is 20.2 Å². The van der Waals surface area contributed by atoms with Crippen molar-refractivity contribution in [3.05, 3.63) is 64.7 Å². The average molecular weight is 611 g/mol. The molecule has 0 spiro atoms. The normalized spacial score (nSPS) is 15.2. The van der Waals surface area contributed by atoms with Crippen molar-refractivity contribution in [2.75, 3.05) is 24.5 Å². The third kappa shape index (κ3) is 8.52. The molecule has 1 fully saturated rings. The molecule has 0 unspecified atom stereocenters. The fourth-order valence-electron chi connectivity index (χ4n) is 5.43. The molecule has 10 nitrogen and oxygen atoms in total. The van der Waals surface area contributed by atoms with Gasteiger partial charge in [-0.05, 0) is 80.2 Å². The Morgan fingerprint density at radius 1 is 1.14 bits per heavy atom. The average Bonchev–Trinajstić information content (AvgIpc) is 2.93. The van der Waals surface area contributed by atoms with Crippen molar-refractivity contribution >= 4 is 21.9 Å². The molecule has 4 N–H and O–H groups in total. The van der Waals surface area contributed by atoms with E-state index in [9.17, 15) is 18.3 Å². The Balaban J connectivity index is 1.77. The molecule has 0 amide bonds. The number of rotatable bonds is 11. The number of carboxylic acid groups (broad SMARTS) is 1. The summed E-state index contributed by atoms with van der Waals surface area (Å²) in [7, 11) is -4.23. The molecule has 1 atom stereocenters. The third-order valence-electron chi connectivity index (χ3n) is 7.47. The smallest absolute Gasteiger partial charge is 0.335 e. The van der Waals surface area contributed by atoms with Gasteiger partial charge in [0.1, 0.15) is 6.61 Å². The fourth-order valence-corrected chi connectivity index (χ4v) is 6.42. The van der Waals surface area contributed by atoms with Gasteiger partial charge in [-0.25, -0.2) is 22.9 Å². The second-order valence-corrected chi connectivity index (χ2v) is 14.2. The van der Waals surface area contributed by atoms with E-state index in [2.05, 4.69) is 36.5 Å². The molecule has 1 saturated heterocycles. The molecule has 1 aliphatic rings. The molecular formula is C32H42N4O6S. The second-order valence-electron chi connectivity index (χ2n) is 12.5. The summed E-state index contributed by atoms with van der Waals surface area (Å²) in [6.45, 7) is 11.8. The molecular weight excluding hydrogens is 568 g/mol. The monoisotopic (exact) mass is 610 g/mol. The first-order valence-electron chi connectivity index (χ1n) is 14.5. The molecule has 2 aromatic carbocycles. The van der Waals surface area contributed by atoms with E-state index in [1.54, 1.807) is 0 Å². The van der Waals surface area contributed by atoms with Crippen LogP contribution in [0.25, 0.3) is 11.3 Å². The number of aromatic carboxylic acids is 1. The van der Waals surface area contributed by atoms with Crippen LogP contribution in [-0.4, -0.2) is 55.3 Å². The number of hydrogen-bond acceptors (Lipinski definition) is 8. The van der Waals surface area contributed by atoms with Crippen LogP contribution in [0.4, 0.5) is 5.95 Å². The summed E-state index contributed by atoms with van der Waals surface area (Å²) in [6.07, 6.45) is 3.49. The molecule has 0 aliphatic carbocycles. The van der Waals surface area contributed by atoms with Gasteiger partial charge in [0.2, 0.25) is 11.8 Å². The van der Waals surface area contributed by atoms with Crippen LogP contribution in [0.2, 0.25) is 0 Å². The van der Waals surface area contributed by atoms with Crippen molar-refractivity contribution in [1.29, 1.82) is 0 Å². The Morgan fingerprint density at radius 3 is 2.51 bits per heavy atom. The van der Waals surface area contributed by atoms with Crippen molar-refractivity contribution in [2.45, 2.75) is 71.2 Å². The summed E-state index contributed by atoms with van der Waals surface area (Å²) >= 11 is 0. The van der Waals surface area contributed by atoms with Gasteiger partial charge in [-0.1, -0.05) is 45.0 Å². The molecule has 232 valence electrons. The standard InChI is InChI=1S/C32H42N4O6S/c1-20-8-6-9-23(16-22-12-14-41-15-13-22)27(20)28-21(2)29(42-19-25(33)18-32(3,4)5)35-31(34-28)36-43(39,40)26-11-7-10-24(17-26)30(37)38/h6-11,17,22,25H,12-16,18-19,33H2,1-5H3,(H,37,38)(H,34,35,36)/t25-/m1/s1. The minimum Gasteiger partial charge on any atom is -0.478 e. The van der Waals surface area contributed by atoms with Gasteiger partial charge in [-0.15, -0.1) is 0 Å². The summed E-state index contributed by atoms with van der Waals surface area (Å²) in [4.78, 5) is 20.4. The largest absolute Gasteiger partial charge is 0.478 e. The first kappa shape index (κ1) is 32.4. The summed E-state index contributed by atoms with van der Waals surface area (Å²) in [5.41, 5.74) is 10.5. The van der Waals surface area contributed by atoms with E-state index >= 15 is 0 Å². The molecule has 3 aromatic rings. The Morgan fingerprint density at radius 2 is 1.84 bits per heavy atom. The van der Waals surface area contributed by atoms with Crippen LogP contribution >= 0.6 is 0 Å². The van der Waals surface area contributed by atoms with E-state index in [1.165, 1.54) is 18.2 Å². The molecule has 1 aliphatic heterocycles. The lowest BCUT2D eigenvalue weighted by atomic mass is 9.87. The number of sulfonamides is 1. The second kappa shape index (κ2) is 13.4. The van der Waals surface area contributed by atoms with E-state index in [-0.39, 0.29) is 40.4 Å². The number of nitrogens with one attached hydrogen (secondary N) is 1. The predicted octanol–water partition coefficient (Wildman–Crippen LogP) is 5.37. The number of ether oxygens (including phenoxy) is 2. The predicted molar refractivity (Wildman–Crippen MR) is 166 cm³/mol. The minimum absolute atomic E-state index is 0.000147. The lowest BCUT2D eigenvalue weighted by molar-refractivity contribution is 0.0665. The summed E-state index contributed by atoms with van der Waals surface area (Å²) in [6, 6.07) is 11.0. The van der Waals surface area contributed by atoms with Gasteiger partial charge < -0.3 is 20.3 Å². The Hall–Kier alpha value is -3.54. The fraction of sp³-hybridized carbons (Fsp3) is 0.469. The van der Waals surface area contributed by atoms with E-state index < -0.39 is 16.0 Å². The van der Waals surface area contributed by atoms with Crippen LogP contribution < -0.4 is 15.2 Å². The molecule has 0 bridgehead atoms. The zero-order chi connectivity index (χ0) is 31.4. The highest BCUT2D eigenvalue weighted by atomic mass is 32.2. The van der Waals surface area contributed by atoms with Gasteiger partial charge in [-0.2, -0.15) is 4.98 Å². The number of benzene rings is 2. The van der Waals surface area contributed by atoms with E-state index in [0.717, 1.165) is 61.7 Å². The summed E-state index contributed by atoms with van der Waals surface area (Å²) in [5.74, 6) is -0.723. The Labute approximate surface area is 254 Å². The molecule has 4 rings (SSSR count). The number of nitrogens with two attached hydrogens (primary N) is 1. The Bertz CT molecular complexity index is 1560. The van der Waals surface area contributed by atoms with Gasteiger partial charge in [0.25, 0.3) is 10.0 Å². The summed E-state index contributed by atoms with van der Waals surface area (Å²) < 4.78 is 40.9. The molecule has 0 radical (unpaired) electrons. The van der Waals surface area contributed by atoms with Crippen molar-refractivity contribution < 1.29 is 27.8 Å². The summed E-state index contributed by atoms with van der Waals surface area (Å²) in [5, 5.41) is 9.36. The number of hydrogen-bond donors (Lipinski definition) is 3. The SMILES string of the molecule is Cc1cccc(CC2CCOCC2)c1-c1nc(NS(=O)(=O)c2cccc(C(=O)O)c2)nc(OC[C@H](N)CC(C)(C)C)c1C. The molecule has 0 saturated carbocycles. The molecule has 43 heavy (non-hydrogen) atoms. The van der Waals surface area contributed by atoms with Crippen LogP contribution in [-0.2, 0) is 21.2 Å².